The van der Waals surface area contributed by atoms with Gasteiger partial charge in [-0.1, -0.05) is 25.4 Å². The average molecular weight is 289 g/mol. The predicted molar refractivity (Wildman–Crippen MR) is 79.5 cm³/mol. The largest absolute Gasteiger partial charge is 0.469 e. The molecule has 0 unspecified atom stereocenters. The third kappa shape index (κ3) is 2.62. The molecule has 1 aliphatic carbocycles. The van der Waals surface area contributed by atoms with Gasteiger partial charge < -0.3 is 14.7 Å². The van der Waals surface area contributed by atoms with E-state index in [2.05, 4.69) is 17.1 Å². The van der Waals surface area contributed by atoms with E-state index >= 15 is 0 Å². The van der Waals surface area contributed by atoms with Crippen LogP contribution in [0.2, 0.25) is 0 Å². The Kier molecular flexibility index (Phi) is 3.85. The molecule has 2 N–H and O–H groups in total. The number of hydrogen-bond acceptors (Lipinski definition) is 5. The Bertz CT molecular complexity index is 594. The van der Waals surface area contributed by atoms with Crippen molar-refractivity contribution < 1.29 is 8.94 Å². The van der Waals surface area contributed by atoms with Gasteiger partial charge in [0.25, 0.3) is 5.89 Å². The highest BCUT2D eigenvalue weighted by Gasteiger charge is 2.37. The molecule has 2 heterocycles. The van der Waals surface area contributed by atoms with Gasteiger partial charge in [0.1, 0.15) is 5.76 Å². The van der Waals surface area contributed by atoms with Crippen LogP contribution in [0.1, 0.15) is 57.5 Å². The van der Waals surface area contributed by atoms with Gasteiger partial charge in [0.05, 0.1) is 17.4 Å². The van der Waals surface area contributed by atoms with Gasteiger partial charge in [0.15, 0.2) is 5.82 Å². The van der Waals surface area contributed by atoms with Crippen LogP contribution >= 0.6 is 0 Å². The molecule has 2 aromatic heterocycles. The summed E-state index contributed by atoms with van der Waals surface area (Å²) in [5, 5.41) is 4.14. The first-order valence-corrected chi connectivity index (χ1v) is 7.86. The molecule has 1 saturated carbocycles. The fourth-order valence-corrected chi connectivity index (χ4v) is 3.16. The molecule has 5 nitrogen and oxygen atoms in total. The van der Waals surface area contributed by atoms with Gasteiger partial charge in [-0.2, -0.15) is 4.98 Å². The van der Waals surface area contributed by atoms with Crippen LogP contribution in [0.4, 0.5) is 0 Å². The molecule has 0 radical (unpaired) electrons. The zero-order valence-corrected chi connectivity index (χ0v) is 12.8. The second kappa shape index (κ2) is 5.64. The van der Waals surface area contributed by atoms with Gasteiger partial charge in [-0.05, 0) is 37.7 Å². The van der Waals surface area contributed by atoms with Crippen LogP contribution in [0.15, 0.2) is 21.3 Å². The van der Waals surface area contributed by atoms with Crippen LogP contribution in [0.25, 0.3) is 11.5 Å². The minimum Gasteiger partial charge on any atom is -0.469 e. The number of aryl methyl sites for hydroxylation is 1. The van der Waals surface area contributed by atoms with E-state index in [9.17, 15) is 0 Å². The molecular formula is C16H23N3O2. The second-order valence-corrected chi connectivity index (χ2v) is 6.04. The quantitative estimate of drug-likeness (QED) is 0.929. The number of aromatic nitrogens is 2. The zero-order valence-electron chi connectivity index (χ0n) is 12.8. The van der Waals surface area contributed by atoms with E-state index in [-0.39, 0.29) is 0 Å². The van der Waals surface area contributed by atoms with E-state index in [1.165, 1.54) is 6.42 Å². The Hall–Kier alpha value is -1.62. The lowest BCUT2D eigenvalue weighted by Gasteiger charge is -2.34. The van der Waals surface area contributed by atoms with Gasteiger partial charge >= 0.3 is 0 Å². The van der Waals surface area contributed by atoms with Crippen molar-refractivity contribution in [1.29, 1.82) is 0 Å². The van der Waals surface area contributed by atoms with Crippen molar-refractivity contribution in [2.75, 3.05) is 0 Å². The lowest BCUT2D eigenvalue weighted by Crippen LogP contribution is -2.41. The Morgan fingerprint density at radius 1 is 1.33 bits per heavy atom. The average Bonchev–Trinajstić information content (AvgIpc) is 3.16. The number of rotatable bonds is 4. The lowest BCUT2D eigenvalue weighted by molar-refractivity contribution is 0.216. The predicted octanol–water partition coefficient (Wildman–Crippen LogP) is 3.65. The fourth-order valence-electron chi connectivity index (χ4n) is 3.16. The van der Waals surface area contributed by atoms with E-state index in [0.29, 0.717) is 11.7 Å². The van der Waals surface area contributed by atoms with Crippen LogP contribution < -0.4 is 5.73 Å². The van der Waals surface area contributed by atoms with E-state index in [4.69, 9.17) is 14.7 Å². The van der Waals surface area contributed by atoms with Crippen molar-refractivity contribution in [2.24, 2.45) is 11.7 Å². The van der Waals surface area contributed by atoms with E-state index in [1.54, 1.807) is 6.26 Å². The van der Waals surface area contributed by atoms with Gasteiger partial charge in [-0.25, -0.2) is 0 Å². The summed E-state index contributed by atoms with van der Waals surface area (Å²) < 4.78 is 10.8. The summed E-state index contributed by atoms with van der Waals surface area (Å²) in [7, 11) is 0. The van der Waals surface area contributed by atoms with Gasteiger partial charge in [-0.3, -0.25) is 0 Å². The monoisotopic (exact) mass is 289 g/mol. The standard InChI is InChI=1S/C16H23N3O2/c1-3-11-5-8-16(17,9-6-11)15-18-14(21-19-15)12-7-10-20-13(12)4-2/h7,10-11H,3-6,8-9,17H2,1-2H3. The molecule has 1 fully saturated rings. The van der Waals surface area contributed by atoms with Crippen molar-refractivity contribution in [2.45, 2.75) is 57.9 Å². The first-order valence-electron chi connectivity index (χ1n) is 7.86. The molecule has 114 valence electrons. The smallest absolute Gasteiger partial charge is 0.261 e. The highest BCUT2D eigenvalue weighted by molar-refractivity contribution is 5.55. The first-order chi connectivity index (χ1) is 10.2. The summed E-state index contributed by atoms with van der Waals surface area (Å²) in [6.07, 6.45) is 7.82. The Labute approximate surface area is 124 Å². The Balaban J connectivity index is 1.82. The summed E-state index contributed by atoms with van der Waals surface area (Å²) in [6.45, 7) is 4.28. The molecule has 0 aromatic carbocycles. The van der Waals surface area contributed by atoms with Crippen LogP contribution in [-0.4, -0.2) is 10.1 Å². The van der Waals surface area contributed by atoms with Crippen molar-refractivity contribution in [3.8, 4) is 11.5 Å². The Morgan fingerprint density at radius 2 is 2.10 bits per heavy atom. The fraction of sp³-hybridized carbons (Fsp3) is 0.625. The summed E-state index contributed by atoms with van der Waals surface area (Å²) in [5.74, 6) is 2.80. The molecule has 0 aliphatic heterocycles. The van der Waals surface area contributed by atoms with Crippen molar-refractivity contribution in [3.05, 3.63) is 23.9 Å². The number of nitrogens with zero attached hydrogens (tertiary/aromatic N) is 2. The minimum atomic E-state index is -0.441. The lowest BCUT2D eigenvalue weighted by atomic mass is 9.76. The summed E-state index contributed by atoms with van der Waals surface area (Å²) in [4.78, 5) is 4.54. The minimum absolute atomic E-state index is 0.441. The third-order valence-corrected chi connectivity index (χ3v) is 4.74. The highest BCUT2D eigenvalue weighted by Crippen LogP contribution is 2.38. The van der Waals surface area contributed by atoms with Crippen molar-refractivity contribution in [3.63, 3.8) is 0 Å². The molecule has 1 aliphatic rings. The Morgan fingerprint density at radius 3 is 2.76 bits per heavy atom. The highest BCUT2D eigenvalue weighted by atomic mass is 16.5. The van der Waals surface area contributed by atoms with Gasteiger partial charge in [0.2, 0.25) is 0 Å². The maximum atomic E-state index is 6.53. The zero-order chi connectivity index (χ0) is 14.9. The molecule has 21 heavy (non-hydrogen) atoms. The van der Waals surface area contributed by atoms with Gasteiger partial charge in [0, 0.05) is 6.42 Å². The van der Waals surface area contributed by atoms with Crippen LogP contribution in [0.5, 0.6) is 0 Å². The number of hydrogen-bond donors (Lipinski definition) is 1. The molecule has 0 spiro atoms. The summed E-state index contributed by atoms with van der Waals surface area (Å²) in [5.41, 5.74) is 6.96. The topological polar surface area (TPSA) is 78.1 Å². The van der Waals surface area contributed by atoms with Crippen molar-refractivity contribution in [1.82, 2.24) is 10.1 Å². The summed E-state index contributed by atoms with van der Waals surface area (Å²) in [6, 6.07) is 1.87. The first kappa shape index (κ1) is 14.3. The maximum absolute atomic E-state index is 6.53. The van der Waals surface area contributed by atoms with Crippen LogP contribution in [0, 0.1) is 5.92 Å². The SMILES string of the molecule is CCc1occc1-c1nc(C2(N)CCC(CC)CC2)no1. The number of furan rings is 1. The second-order valence-electron chi connectivity index (χ2n) is 6.04. The molecular weight excluding hydrogens is 266 g/mol. The van der Waals surface area contributed by atoms with E-state index in [1.807, 2.05) is 13.0 Å². The summed E-state index contributed by atoms with van der Waals surface area (Å²) >= 11 is 0. The molecule has 5 heteroatoms. The van der Waals surface area contributed by atoms with Gasteiger partial charge in [-0.15, -0.1) is 0 Å². The maximum Gasteiger partial charge on any atom is 0.261 e. The number of nitrogens with two attached hydrogens (primary N) is 1. The molecule has 0 saturated heterocycles. The van der Waals surface area contributed by atoms with Crippen molar-refractivity contribution >= 4 is 0 Å². The molecule has 0 bridgehead atoms. The third-order valence-electron chi connectivity index (χ3n) is 4.74. The normalized spacial score (nSPS) is 26.1. The van der Waals surface area contributed by atoms with E-state index in [0.717, 1.165) is 49.3 Å². The van der Waals surface area contributed by atoms with E-state index < -0.39 is 5.54 Å². The molecule has 2 aromatic rings. The molecule has 0 atom stereocenters. The van der Waals surface area contributed by atoms with Crippen LogP contribution in [-0.2, 0) is 12.0 Å². The molecule has 0 amide bonds. The molecule has 3 rings (SSSR count). The van der Waals surface area contributed by atoms with Crippen LogP contribution in [0.3, 0.4) is 0 Å².